The highest BCUT2D eigenvalue weighted by atomic mass is 16.2. The van der Waals surface area contributed by atoms with E-state index in [0.29, 0.717) is 25.4 Å². The van der Waals surface area contributed by atoms with Gasteiger partial charge in [0.2, 0.25) is 0 Å². The lowest BCUT2D eigenvalue weighted by atomic mass is 10.1. The molecule has 0 saturated heterocycles. The molecular formula is C23H32N4O3. The fourth-order valence-corrected chi connectivity index (χ4v) is 3.14. The Balaban J connectivity index is 2.52. The maximum atomic E-state index is 13.2. The van der Waals surface area contributed by atoms with E-state index in [4.69, 9.17) is 5.73 Å². The van der Waals surface area contributed by atoms with Crippen LogP contribution in [0.2, 0.25) is 0 Å². The average molecular weight is 413 g/mol. The number of nitrogens with one attached hydrogen (secondary N) is 1. The van der Waals surface area contributed by atoms with Crippen molar-refractivity contribution in [3.8, 4) is 0 Å². The monoisotopic (exact) mass is 412 g/mol. The molecule has 0 aliphatic rings. The largest absolute Gasteiger partial charge is 0.383 e. The number of H-pyrrole nitrogens is 1. The number of nitrogen functional groups attached to an aromatic ring is 1. The smallest absolute Gasteiger partial charge is 0.330 e. The van der Waals surface area contributed by atoms with E-state index >= 15 is 0 Å². The van der Waals surface area contributed by atoms with Crippen LogP contribution in [0.4, 0.5) is 11.5 Å². The standard InChI is InChI=1S/C23H32N4O3/c1-5-6-13-27-21(24)20(22(29)25-23(27)30)26(14-12-16(2)3)19(28)15-17(4)18-10-8-7-9-11-18/h7-11,15-16H,5-6,12-14,24H2,1-4H3,(H,25,29,30)/b17-15-. The molecule has 0 aliphatic carbocycles. The molecule has 30 heavy (non-hydrogen) atoms. The number of unbranched alkanes of at least 4 members (excludes halogenated alkanes) is 1. The number of aromatic nitrogens is 2. The summed E-state index contributed by atoms with van der Waals surface area (Å²) in [6, 6.07) is 9.56. The van der Waals surface area contributed by atoms with Crippen molar-refractivity contribution in [3.63, 3.8) is 0 Å². The first-order valence-electron chi connectivity index (χ1n) is 10.4. The van der Waals surface area contributed by atoms with E-state index in [9.17, 15) is 14.4 Å². The number of carbonyl (C=O) groups is 1. The van der Waals surface area contributed by atoms with Crippen molar-refractivity contribution < 1.29 is 4.79 Å². The molecule has 0 unspecified atom stereocenters. The van der Waals surface area contributed by atoms with Crippen LogP contribution in [0.15, 0.2) is 46.0 Å². The summed E-state index contributed by atoms with van der Waals surface area (Å²) in [5, 5.41) is 0. The van der Waals surface area contributed by atoms with Gasteiger partial charge in [-0.15, -0.1) is 0 Å². The van der Waals surface area contributed by atoms with Crippen LogP contribution >= 0.6 is 0 Å². The number of carbonyl (C=O) groups excluding carboxylic acids is 1. The summed E-state index contributed by atoms with van der Waals surface area (Å²) < 4.78 is 1.34. The number of nitrogens with zero attached hydrogens (tertiary/aromatic N) is 2. The summed E-state index contributed by atoms with van der Waals surface area (Å²) in [6.45, 7) is 8.66. The first kappa shape index (κ1) is 23.2. The molecule has 0 aliphatic heterocycles. The molecule has 3 N–H and O–H groups in total. The van der Waals surface area contributed by atoms with Crippen molar-refractivity contribution in [1.29, 1.82) is 0 Å². The van der Waals surface area contributed by atoms with E-state index in [0.717, 1.165) is 24.0 Å². The van der Waals surface area contributed by atoms with Gasteiger partial charge < -0.3 is 10.6 Å². The molecule has 0 radical (unpaired) electrons. The minimum absolute atomic E-state index is 0.0278. The van der Waals surface area contributed by atoms with E-state index in [1.165, 1.54) is 15.5 Å². The minimum Gasteiger partial charge on any atom is -0.383 e. The zero-order chi connectivity index (χ0) is 22.3. The Morgan fingerprint density at radius 2 is 1.90 bits per heavy atom. The second-order valence-electron chi connectivity index (χ2n) is 7.86. The van der Waals surface area contributed by atoms with Crippen molar-refractivity contribution in [2.75, 3.05) is 17.2 Å². The zero-order valence-corrected chi connectivity index (χ0v) is 18.3. The van der Waals surface area contributed by atoms with Gasteiger partial charge in [-0.3, -0.25) is 19.1 Å². The van der Waals surface area contributed by atoms with Gasteiger partial charge in [-0.1, -0.05) is 57.5 Å². The molecule has 0 atom stereocenters. The SMILES string of the molecule is CCCCn1c(N)c(N(CCC(C)C)C(=O)/C=C(/C)c2ccccc2)c(=O)[nH]c1=O. The molecule has 162 valence electrons. The summed E-state index contributed by atoms with van der Waals surface area (Å²) in [5.74, 6) is 0.0146. The van der Waals surface area contributed by atoms with Crippen molar-refractivity contribution >= 4 is 23.0 Å². The number of aromatic amines is 1. The third-order valence-electron chi connectivity index (χ3n) is 4.98. The molecule has 2 aromatic rings. The van der Waals surface area contributed by atoms with Crippen LogP contribution in [0, 0.1) is 5.92 Å². The highest BCUT2D eigenvalue weighted by Gasteiger charge is 2.23. The number of allylic oxidation sites excluding steroid dienone is 1. The molecule has 2 rings (SSSR count). The van der Waals surface area contributed by atoms with Gasteiger partial charge in [0.25, 0.3) is 11.5 Å². The van der Waals surface area contributed by atoms with Crippen molar-refractivity contribution in [3.05, 3.63) is 62.8 Å². The molecule has 1 amide bonds. The van der Waals surface area contributed by atoms with Gasteiger partial charge in [-0.25, -0.2) is 4.79 Å². The Bertz CT molecular complexity index is 1000. The Morgan fingerprint density at radius 1 is 1.23 bits per heavy atom. The third-order valence-corrected chi connectivity index (χ3v) is 4.98. The van der Waals surface area contributed by atoms with Crippen molar-refractivity contribution in [2.24, 2.45) is 5.92 Å². The van der Waals surface area contributed by atoms with Gasteiger partial charge in [0.1, 0.15) is 5.82 Å². The summed E-state index contributed by atoms with van der Waals surface area (Å²) in [6.07, 6.45) is 3.81. The zero-order valence-electron chi connectivity index (χ0n) is 18.3. The predicted octanol–water partition coefficient (Wildman–Crippen LogP) is 3.40. The van der Waals surface area contributed by atoms with Crippen LogP contribution in [0.25, 0.3) is 5.57 Å². The minimum atomic E-state index is -0.645. The highest BCUT2D eigenvalue weighted by Crippen LogP contribution is 2.21. The Morgan fingerprint density at radius 3 is 2.50 bits per heavy atom. The fourth-order valence-electron chi connectivity index (χ4n) is 3.14. The number of benzene rings is 1. The molecule has 0 spiro atoms. The number of hydrogen-bond acceptors (Lipinski definition) is 4. The summed E-state index contributed by atoms with van der Waals surface area (Å²) in [4.78, 5) is 41.8. The summed E-state index contributed by atoms with van der Waals surface area (Å²) in [5.41, 5.74) is 6.78. The number of amides is 1. The molecule has 7 nitrogen and oxygen atoms in total. The van der Waals surface area contributed by atoms with Crippen LogP contribution in [-0.4, -0.2) is 22.0 Å². The van der Waals surface area contributed by atoms with Gasteiger partial charge >= 0.3 is 5.69 Å². The van der Waals surface area contributed by atoms with Crippen molar-refractivity contribution in [2.45, 2.75) is 53.5 Å². The van der Waals surface area contributed by atoms with E-state index in [1.54, 1.807) is 0 Å². The van der Waals surface area contributed by atoms with Crippen LogP contribution in [0.1, 0.15) is 52.5 Å². The molecular weight excluding hydrogens is 380 g/mol. The van der Waals surface area contributed by atoms with Gasteiger partial charge in [0, 0.05) is 19.2 Å². The summed E-state index contributed by atoms with van der Waals surface area (Å²) >= 11 is 0. The number of hydrogen-bond donors (Lipinski definition) is 2. The molecule has 0 saturated carbocycles. The lowest BCUT2D eigenvalue weighted by molar-refractivity contribution is -0.114. The third kappa shape index (κ3) is 5.72. The lowest BCUT2D eigenvalue weighted by Crippen LogP contribution is -2.41. The first-order valence-corrected chi connectivity index (χ1v) is 10.4. The van der Waals surface area contributed by atoms with E-state index in [1.807, 2.05) is 58.0 Å². The van der Waals surface area contributed by atoms with Gasteiger partial charge in [-0.2, -0.15) is 0 Å². The first-order chi connectivity index (χ1) is 14.3. The normalized spacial score (nSPS) is 11.7. The van der Waals surface area contributed by atoms with Gasteiger partial charge in [-0.05, 0) is 36.8 Å². The summed E-state index contributed by atoms with van der Waals surface area (Å²) in [7, 11) is 0. The second kappa shape index (κ2) is 10.6. The second-order valence-corrected chi connectivity index (χ2v) is 7.86. The van der Waals surface area contributed by atoms with E-state index in [-0.39, 0.29) is 17.4 Å². The fraction of sp³-hybridized carbons (Fsp3) is 0.435. The Labute approximate surface area is 177 Å². The van der Waals surface area contributed by atoms with Crippen LogP contribution in [-0.2, 0) is 11.3 Å². The van der Waals surface area contributed by atoms with Gasteiger partial charge in [0.05, 0.1) is 0 Å². The lowest BCUT2D eigenvalue weighted by Gasteiger charge is -2.24. The Kier molecular flexibility index (Phi) is 8.21. The molecule has 1 aromatic carbocycles. The maximum Gasteiger partial charge on any atom is 0.330 e. The highest BCUT2D eigenvalue weighted by molar-refractivity contribution is 6.06. The van der Waals surface area contributed by atoms with Crippen LogP contribution in [0.3, 0.4) is 0 Å². The quantitative estimate of drug-likeness (QED) is 0.616. The number of anilines is 2. The molecule has 7 heteroatoms. The number of rotatable bonds is 9. The van der Waals surface area contributed by atoms with E-state index in [2.05, 4.69) is 4.98 Å². The molecule has 0 fully saturated rings. The molecule has 1 aromatic heterocycles. The maximum absolute atomic E-state index is 13.2. The average Bonchev–Trinajstić information content (AvgIpc) is 2.70. The molecule has 1 heterocycles. The van der Waals surface area contributed by atoms with Crippen LogP contribution in [0.5, 0.6) is 0 Å². The van der Waals surface area contributed by atoms with Crippen molar-refractivity contribution in [1.82, 2.24) is 9.55 Å². The van der Waals surface area contributed by atoms with Crippen LogP contribution < -0.4 is 21.9 Å². The topological polar surface area (TPSA) is 101 Å². The number of nitrogens with two attached hydrogens (primary N) is 1. The predicted molar refractivity (Wildman–Crippen MR) is 123 cm³/mol. The Hall–Kier alpha value is -3.09. The van der Waals surface area contributed by atoms with E-state index < -0.39 is 11.2 Å². The molecule has 0 bridgehead atoms. The van der Waals surface area contributed by atoms with Gasteiger partial charge in [0.15, 0.2) is 5.69 Å².